The van der Waals surface area contributed by atoms with Gasteiger partial charge in [-0.15, -0.1) is 0 Å². The zero-order valence-electron chi connectivity index (χ0n) is 12.1. The summed E-state index contributed by atoms with van der Waals surface area (Å²) >= 11 is 0. The summed E-state index contributed by atoms with van der Waals surface area (Å²) in [6, 6.07) is 0.0475. The van der Waals surface area contributed by atoms with E-state index in [-0.39, 0.29) is 18.6 Å². The monoisotopic (exact) mass is 267 g/mol. The number of esters is 1. The van der Waals surface area contributed by atoms with Crippen molar-refractivity contribution < 1.29 is 14.3 Å². The maximum Gasteiger partial charge on any atom is 0.342 e. The van der Waals surface area contributed by atoms with Gasteiger partial charge in [-0.1, -0.05) is 13.8 Å². The summed E-state index contributed by atoms with van der Waals surface area (Å²) in [5, 5.41) is 6.72. The number of hydrogen-bond acceptors (Lipinski definition) is 4. The fourth-order valence-corrected chi connectivity index (χ4v) is 1.37. The summed E-state index contributed by atoms with van der Waals surface area (Å²) in [6.45, 7) is 7.43. The molecule has 1 heterocycles. The second-order valence-electron chi connectivity index (χ2n) is 4.94. The molecule has 6 nitrogen and oxygen atoms in total. The number of ether oxygens (including phenoxy) is 1. The molecule has 0 unspecified atom stereocenters. The van der Waals surface area contributed by atoms with E-state index in [1.165, 1.54) is 6.20 Å². The highest BCUT2D eigenvalue weighted by molar-refractivity contribution is 5.92. The molecule has 0 radical (unpaired) electrons. The number of carbonyl (C=O) groups is 2. The van der Waals surface area contributed by atoms with Gasteiger partial charge in [-0.2, -0.15) is 5.10 Å². The lowest BCUT2D eigenvalue weighted by molar-refractivity contribution is -0.125. The molecule has 1 atom stereocenters. The standard InChI is InChI=1S/C13H21N3O3/c1-8(2)9(3)15-12(17)7-19-13(18)11-6-14-16(5)10(11)4/h6,8-9H,7H2,1-5H3,(H,15,17)/t9-/m1/s1. The third kappa shape index (κ3) is 4.08. The average Bonchev–Trinajstić information content (AvgIpc) is 2.67. The smallest absolute Gasteiger partial charge is 0.342 e. The lowest BCUT2D eigenvalue weighted by Gasteiger charge is -2.17. The van der Waals surface area contributed by atoms with E-state index >= 15 is 0 Å². The average molecular weight is 267 g/mol. The van der Waals surface area contributed by atoms with Gasteiger partial charge in [0.05, 0.1) is 6.20 Å². The molecule has 0 saturated carbocycles. The Morgan fingerprint density at radius 1 is 1.42 bits per heavy atom. The normalized spacial score (nSPS) is 12.3. The number of carbonyl (C=O) groups excluding carboxylic acids is 2. The van der Waals surface area contributed by atoms with Crippen LogP contribution in [0.15, 0.2) is 6.20 Å². The van der Waals surface area contributed by atoms with Gasteiger partial charge in [0.25, 0.3) is 5.91 Å². The molecule has 1 rings (SSSR count). The van der Waals surface area contributed by atoms with Crippen molar-refractivity contribution >= 4 is 11.9 Å². The van der Waals surface area contributed by atoms with Gasteiger partial charge in [0, 0.05) is 18.8 Å². The second-order valence-corrected chi connectivity index (χ2v) is 4.94. The highest BCUT2D eigenvalue weighted by Gasteiger charge is 2.17. The summed E-state index contributed by atoms with van der Waals surface area (Å²) < 4.78 is 6.54. The van der Waals surface area contributed by atoms with Crippen molar-refractivity contribution in [2.24, 2.45) is 13.0 Å². The maximum atomic E-state index is 11.7. The molecule has 0 spiro atoms. The molecular formula is C13H21N3O3. The van der Waals surface area contributed by atoms with Crippen LogP contribution in [0.3, 0.4) is 0 Å². The minimum absolute atomic E-state index is 0.0475. The third-order valence-corrected chi connectivity index (χ3v) is 3.18. The van der Waals surface area contributed by atoms with E-state index in [0.717, 1.165) is 0 Å². The number of amides is 1. The van der Waals surface area contributed by atoms with E-state index in [2.05, 4.69) is 10.4 Å². The van der Waals surface area contributed by atoms with E-state index in [1.807, 2.05) is 20.8 Å². The lowest BCUT2D eigenvalue weighted by Crippen LogP contribution is -2.38. The van der Waals surface area contributed by atoms with Crippen LogP contribution >= 0.6 is 0 Å². The van der Waals surface area contributed by atoms with Crippen LogP contribution in [0.1, 0.15) is 36.8 Å². The summed E-state index contributed by atoms with van der Waals surface area (Å²) in [7, 11) is 1.74. The van der Waals surface area contributed by atoms with E-state index in [0.29, 0.717) is 17.2 Å². The number of rotatable bonds is 5. The lowest BCUT2D eigenvalue weighted by atomic mass is 10.1. The number of aryl methyl sites for hydroxylation is 1. The van der Waals surface area contributed by atoms with Crippen LogP contribution in [-0.4, -0.2) is 34.3 Å². The molecule has 1 amide bonds. The molecule has 0 saturated heterocycles. The maximum absolute atomic E-state index is 11.7. The Hall–Kier alpha value is -1.85. The first-order valence-electron chi connectivity index (χ1n) is 6.28. The highest BCUT2D eigenvalue weighted by atomic mass is 16.5. The van der Waals surface area contributed by atoms with Crippen LogP contribution in [0, 0.1) is 12.8 Å². The second kappa shape index (κ2) is 6.36. The number of nitrogens with one attached hydrogen (secondary N) is 1. The summed E-state index contributed by atoms with van der Waals surface area (Å²) in [5.74, 6) is -0.491. The number of nitrogens with zero attached hydrogens (tertiary/aromatic N) is 2. The van der Waals surface area contributed by atoms with Crippen molar-refractivity contribution in [1.82, 2.24) is 15.1 Å². The third-order valence-electron chi connectivity index (χ3n) is 3.18. The van der Waals surface area contributed by atoms with Gasteiger partial charge in [-0.25, -0.2) is 4.79 Å². The van der Waals surface area contributed by atoms with Gasteiger partial charge in [-0.05, 0) is 19.8 Å². The molecule has 0 aromatic carbocycles. The van der Waals surface area contributed by atoms with E-state index in [1.54, 1.807) is 18.7 Å². The van der Waals surface area contributed by atoms with Crippen molar-refractivity contribution in [2.45, 2.75) is 33.7 Å². The Labute approximate surface area is 113 Å². The fraction of sp³-hybridized carbons (Fsp3) is 0.615. The molecule has 0 aliphatic rings. The zero-order chi connectivity index (χ0) is 14.6. The van der Waals surface area contributed by atoms with E-state index < -0.39 is 5.97 Å². The molecule has 1 N–H and O–H groups in total. The van der Waals surface area contributed by atoms with Crippen LogP contribution in [0.25, 0.3) is 0 Å². The Bertz CT molecular complexity index is 466. The Balaban J connectivity index is 2.47. The minimum Gasteiger partial charge on any atom is -0.452 e. The predicted molar refractivity (Wildman–Crippen MR) is 70.7 cm³/mol. The first kappa shape index (κ1) is 15.2. The van der Waals surface area contributed by atoms with Gasteiger partial charge in [0.2, 0.25) is 0 Å². The van der Waals surface area contributed by atoms with Crippen LogP contribution in [0.4, 0.5) is 0 Å². The van der Waals surface area contributed by atoms with Crippen molar-refractivity contribution in [1.29, 1.82) is 0 Å². The predicted octanol–water partition coefficient (Wildman–Crippen LogP) is 1.05. The molecule has 0 fully saturated rings. The van der Waals surface area contributed by atoms with E-state index in [4.69, 9.17) is 4.74 Å². The zero-order valence-corrected chi connectivity index (χ0v) is 12.1. The van der Waals surface area contributed by atoms with Crippen LogP contribution in [-0.2, 0) is 16.6 Å². The quantitative estimate of drug-likeness (QED) is 0.809. The molecule has 19 heavy (non-hydrogen) atoms. The molecule has 0 bridgehead atoms. The number of aromatic nitrogens is 2. The van der Waals surface area contributed by atoms with Gasteiger partial charge in [0.15, 0.2) is 6.61 Å². The molecular weight excluding hydrogens is 246 g/mol. The van der Waals surface area contributed by atoms with Crippen molar-refractivity contribution in [3.05, 3.63) is 17.5 Å². The molecule has 0 aliphatic heterocycles. The molecule has 1 aromatic rings. The highest BCUT2D eigenvalue weighted by Crippen LogP contribution is 2.07. The van der Waals surface area contributed by atoms with Gasteiger partial charge in [0.1, 0.15) is 5.56 Å². The van der Waals surface area contributed by atoms with Crippen LogP contribution < -0.4 is 5.32 Å². The van der Waals surface area contributed by atoms with Gasteiger partial charge in [-0.3, -0.25) is 9.48 Å². The van der Waals surface area contributed by atoms with E-state index in [9.17, 15) is 9.59 Å². The Morgan fingerprint density at radius 2 is 2.05 bits per heavy atom. The molecule has 1 aromatic heterocycles. The topological polar surface area (TPSA) is 73.2 Å². The summed E-state index contributed by atoms with van der Waals surface area (Å²) in [6.07, 6.45) is 1.44. The molecule has 6 heteroatoms. The van der Waals surface area contributed by atoms with Crippen LogP contribution in [0.5, 0.6) is 0 Å². The van der Waals surface area contributed by atoms with Crippen LogP contribution in [0.2, 0.25) is 0 Å². The summed E-state index contributed by atoms with van der Waals surface area (Å²) in [5.41, 5.74) is 1.09. The van der Waals surface area contributed by atoms with Crippen molar-refractivity contribution in [2.75, 3.05) is 6.61 Å². The largest absolute Gasteiger partial charge is 0.452 e. The Morgan fingerprint density at radius 3 is 2.53 bits per heavy atom. The summed E-state index contributed by atoms with van der Waals surface area (Å²) in [4.78, 5) is 23.3. The van der Waals surface area contributed by atoms with Crippen molar-refractivity contribution in [3.63, 3.8) is 0 Å². The first-order chi connectivity index (χ1) is 8.82. The van der Waals surface area contributed by atoms with Crippen molar-refractivity contribution in [3.8, 4) is 0 Å². The minimum atomic E-state index is -0.530. The fourth-order valence-electron chi connectivity index (χ4n) is 1.37. The first-order valence-corrected chi connectivity index (χ1v) is 6.28. The number of hydrogen-bond donors (Lipinski definition) is 1. The Kier molecular flexibility index (Phi) is 5.09. The molecule has 0 aliphatic carbocycles. The molecule has 106 valence electrons. The van der Waals surface area contributed by atoms with Gasteiger partial charge < -0.3 is 10.1 Å². The van der Waals surface area contributed by atoms with Gasteiger partial charge >= 0.3 is 5.97 Å². The SMILES string of the molecule is Cc1c(C(=O)OCC(=O)N[C@H](C)C(C)C)cnn1C.